The van der Waals surface area contributed by atoms with Crippen molar-refractivity contribution < 1.29 is 9.53 Å². The van der Waals surface area contributed by atoms with Crippen molar-refractivity contribution in [2.45, 2.75) is 38.8 Å². The van der Waals surface area contributed by atoms with E-state index in [4.69, 9.17) is 10.5 Å². The molecule has 4 nitrogen and oxygen atoms in total. The second kappa shape index (κ2) is 5.40. The summed E-state index contributed by atoms with van der Waals surface area (Å²) in [5.41, 5.74) is 7.97. The molecule has 1 amide bonds. The lowest BCUT2D eigenvalue weighted by Crippen LogP contribution is -2.41. The van der Waals surface area contributed by atoms with Gasteiger partial charge in [-0.25, -0.2) is 0 Å². The Hall–Kier alpha value is -1.55. The summed E-state index contributed by atoms with van der Waals surface area (Å²) in [7, 11) is 0. The van der Waals surface area contributed by atoms with Gasteiger partial charge in [0.15, 0.2) is 0 Å². The van der Waals surface area contributed by atoms with Crippen LogP contribution in [0.2, 0.25) is 0 Å². The van der Waals surface area contributed by atoms with Crippen LogP contribution in [0.3, 0.4) is 0 Å². The van der Waals surface area contributed by atoms with Gasteiger partial charge in [-0.05, 0) is 44.4 Å². The van der Waals surface area contributed by atoms with E-state index in [1.807, 2.05) is 32.0 Å². The first-order valence-corrected chi connectivity index (χ1v) is 6.35. The summed E-state index contributed by atoms with van der Waals surface area (Å²) >= 11 is 0. The first kappa shape index (κ1) is 12.9. The number of nitrogen functional groups attached to an aromatic ring is 1. The van der Waals surface area contributed by atoms with Crippen molar-refractivity contribution in [3.8, 4) is 0 Å². The van der Waals surface area contributed by atoms with Gasteiger partial charge >= 0.3 is 0 Å². The predicted molar refractivity (Wildman–Crippen MR) is 71.5 cm³/mol. The zero-order chi connectivity index (χ0) is 13.1. The Labute approximate surface area is 108 Å². The summed E-state index contributed by atoms with van der Waals surface area (Å²) in [5.74, 6) is -0.0427. The van der Waals surface area contributed by atoms with E-state index in [-0.39, 0.29) is 18.1 Å². The lowest BCUT2D eigenvalue weighted by molar-refractivity contribution is 0.0136. The van der Waals surface area contributed by atoms with Crippen LogP contribution in [0.4, 0.5) is 5.69 Å². The third-order valence-corrected chi connectivity index (χ3v) is 3.44. The molecule has 0 aromatic heterocycles. The number of amides is 1. The molecule has 1 aliphatic heterocycles. The number of anilines is 1. The Morgan fingerprint density at radius 2 is 2.28 bits per heavy atom. The molecule has 1 aliphatic rings. The predicted octanol–water partition coefficient (Wildman–Crippen LogP) is 1.87. The number of nitrogens with two attached hydrogens (primary N) is 1. The van der Waals surface area contributed by atoms with Gasteiger partial charge in [-0.15, -0.1) is 0 Å². The van der Waals surface area contributed by atoms with Gasteiger partial charge in [0.05, 0.1) is 6.10 Å². The Morgan fingerprint density at radius 1 is 1.50 bits per heavy atom. The third kappa shape index (κ3) is 2.82. The maximum absolute atomic E-state index is 12.2. The molecule has 0 radical (unpaired) electrons. The molecule has 0 bridgehead atoms. The van der Waals surface area contributed by atoms with Crippen molar-refractivity contribution >= 4 is 11.6 Å². The van der Waals surface area contributed by atoms with Crippen molar-refractivity contribution in [2.75, 3.05) is 12.3 Å². The van der Waals surface area contributed by atoms with Crippen LogP contribution in [-0.2, 0) is 4.74 Å². The second-order valence-corrected chi connectivity index (χ2v) is 4.90. The number of benzene rings is 1. The minimum absolute atomic E-state index is 0.0427. The lowest BCUT2D eigenvalue weighted by atomic mass is 10.0. The van der Waals surface area contributed by atoms with E-state index in [0.29, 0.717) is 17.9 Å². The van der Waals surface area contributed by atoms with Gasteiger partial charge in [0.2, 0.25) is 0 Å². The fourth-order valence-corrected chi connectivity index (χ4v) is 2.29. The van der Waals surface area contributed by atoms with Gasteiger partial charge < -0.3 is 15.8 Å². The van der Waals surface area contributed by atoms with Crippen LogP contribution in [0.25, 0.3) is 0 Å². The highest BCUT2D eigenvalue weighted by molar-refractivity contribution is 5.97. The van der Waals surface area contributed by atoms with E-state index in [1.54, 1.807) is 0 Å². The molecule has 1 heterocycles. The number of carbonyl (C=O) groups excluding carboxylic acids is 1. The van der Waals surface area contributed by atoms with Crippen LogP contribution >= 0.6 is 0 Å². The lowest BCUT2D eigenvalue weighted by Gasteiger charge is -2.28. The van der Waals surface area contributed by atoms with E-state index >= 15 is 0 Å². The average Bonchev–Trinajstić information content (AvgIpc) is 2.32. The monoisotopic (exact) mass is 248 g/mol. The number of nitrogens with one attached hydrogen (secondary N) is 1. The summed E-state index contributed by atoms with van der Waals surface area (Å²) in [6, 6.07) is 5.62. The van der Waals surface area contributed by atoms with Gasteiger partial charge in [0.1, 0.15) is 0 Å². The highest BCUT2D eigenvalue weighted by atomic mass is 16.5. The number of hydrogen-bond acceptors (Lipinski definition) is 3. The zero-order valence-electron chi connectivity index (χ0n) is 10.9. The van der Waals surface area contributed by atoms with E-state index in [9.17, 15) is 4.79 Å². The number of carbonyl (C=O) groups is 1. The van der Waals surface area contributed by atoms with Crippen molar-refractivity contribution in [2.24, 2.45) is 0 Å². The fourth-order valence-electron chi connectivity index (χ4n) is 2.29. The maximum atomic E-state index is 12.2. The van der Waals surface area contributed by atoms with Crippen molar-refractivity contribution in [3.05, 3.63) is 29.3 Å². The average molecular weight is 248 g/mol. The van der Waals surface area contributed by atoms with Crippen LogP contribution in [0, 0.1) is 6.92 Å². The summed E-state index contributed by atoms with van der Waals surface area (Å²) in [5, 5.41) is 3.06. The topological polar surface area (TPSA) is 64.4 Å². The Bertz CT molecular complexity index is 445. The Morgan fingerprint density at radius 3 is 3.00 bits per heavy atom. The minimum atomic E-state index is -0.0427. The molecular formula is C14H20N2O2. The van der Waals surface area contributed by atoms with Crippen molar-refractivity contribution in [1.82, 2.24) is 5.32 Å². The molecule has 2 atom stereocenters. The highest BCUT2D eigenvalue weighted by Gasteiger charge is 2.22. The molecule has 98 valence electrons. The SMILES string of the molecule is Cc1c(N)cccc1C(=O)NC1CCOC(C)C1. The van der Waals surface area contributed by atoms with Crippen LogP contribution in [0.5, 0.6) is 0 Å². The molecule has 0 saturated carbocycles. The third-order valence-electron chi connectivity index (χ3n) is 3.44. The van der Waals surface area contributed by atoms with E-state index in [2.05, 4.69) is 5.32 Å². The van der Waals surface area contributed by atoms with E-state index in [0.717, 1.165) is 18.4 Å². The summed E-state index contributed by atoms with van der Waals surface area (Å²) in [6.07, 6.45) is 1.95. The second-order valence-electron chi connectivity index (χ2n) is 4.90. The van der Waals surface area contributed by atoms with Crippen LogP contribution in [0.15, 0.2) is 18.2 Å². The normalized spacial score (nSPS) is 23.7. The minimum Gasteiger partial charge on any atom is -0.398 e. The van der Waals surface area contributed by atoms with Crippen molar-refractivity contribution in [1.29, 1.82) is 0 Å². The Kier molecular flexibility index (Phi) is 3.87. The maximum Gasteiger partial charge on any atom is 0.251 e. The first-order chi connectivity index (χ1) is 8.58. The van der Waals surface area contributed by atoms with Gasteiger partial charge in [-0.3, -0.25) is 4.79 Å². The smallest absolute Gasteiger partial charge is 0.251 e. The number of ether oxygens (including phenoxy) is 1. The van der Waals surface area contributed by atoms with E-state index in [1.165, 1.54) is 0 Å². The fraction of sp³-hybridized carbons (Fsp3) is 0.500. The molecule has 0 aliphatic carbocycles. The highest BCUT2D eigenvalue weighted by Crippen LogP contribution is 2.17. The van der Waals surface area contributed by atoms with Crippen LogP contribution < -0.4 is 11.1 Å². The number of hydrogen-bond donors (Lipinski definition) is 2. The molecule has 1 fully saturated rings. The zero-order valence-corrected chi connectivity index (χ0v) is 10.9. The van der Waals surface area contributed by atoms with Gasteiger partial charge in [0.25, 0.3) is 5.91 Å². The molecule has 18 heavy (non-hydrogen) atoms. The molecular weight excluding hydrogens is 228 g/mol. The standard InChI is InChI=1S/C14H20N2O2/c1-9-8-11(6-7-18-9)16-14(17)12-4-3-5-13(15)10(12)2/h3-5,9,11H,6-8,15H2,1-2H3,(H,16,17). The first-order valence-electron chi connectivity index (χ1n) is 6.35. The van der Waals surface area contributed by atoms with Gasteiger partial charge in [-0.1, -0.05) is 6.07 Å². The van der Waals surface area contributed by atoms with Gasteiger partial charge in [-0.2, -0.15) is 0 Å². The Balaban J connectivity index is 2.05. The molecule has 1 aromatic rings. The van der Waals surface area contributed by atoms with Crippen LogP contribution in [-0.4, -0.2) is 24.7 Å². The molecule has 1 saturated heterocycles. The number of rotatable bonds is 2. The summed E-state index contributed by atoms with van der Waals surface area (Å²) in [4.78, 5) is 12.2. The molecule has 2 rings (SSSR count). The molecule has 4 heteroatoms. The summed E-state index contributed by atoms with van der Waals surface area (Å²) < 4.78 is 5.47. The molecule has 1 aromatic carbocycles. The van der Waals surface area contributed by atoms with Crippen molar-refractivity contribution in [3.63, 3.8) is 0 Å². The molecule has 3 N–H and O–H groups in total. The quantitative estimate of drug-likeness (QED) is 0.785. The largest absolute Gasteiger partial charge is 0.398 e. The molecule has 0 spiro atoms. The van der Waals surface area contributed by atoms with Crippen LogP contribution in [0.1, 0.15) is 35.7 Å². The van der Waals surface area contributed by atoms with E-state index < -0.39 is 0 Å². The molecule has 2 unspecified atom stereocenters. The summed E-state index contributed by atoms with van der Waals surface area (Å²) in [6.45, 7) is 4.61. The van der Waals surface area contributed by atoms with Gasteiger partial charge in [0, 0.05) is 23.9 Å².